The fourth-order valence-corrected chi connectivity index (χ4v) is 5.15. The number of rotatable bonds is 5. The number of nitrogens with two attached hydrogens (primary N) is 1. The minimum atomic E-state index is -0.447. The molecular weight excluding hydrogens is 436 g/mol. The zero-order chi connectivity index (χ0) is 24.5. The van der Waals surface area contributed by atoms with Gasteiger partial charge in [0.2, 0.25) is 5.91 Å². The third-order valence-corrected chi connectivity index (χ3v) is 7.14. The molecule has 6 heteroatoms. The SMILES string of the molecule is CC(=O)N1CCC(c2cc3c(-c4cccc(Nc5ccccc5)c4C)ccc(C(N)=O)c3[nH]2)CC1. The molecule has 1 aliphatic rings. The van der Waals surface area contributed by atoms with E-state index in [-0.39, 0.29) is 5.91 Å². The maximum absolute atomic E-state index is 12.2. The molecule has 2 amide bonds. The van der Waals surface area contributed by atoms with Crippen molar-refractivity contribution in [3.05, 3.63) is 83.6 Å². The van der Waals surface area contributed by atoms with Gasteiger partial charge in [0.1, 0.15) is 0 Å². The van der Waals surface area contributed by atoms with Crippen LogP contribution in [0.4, 0.5) is 11.4 Å². The van der Waals surface area contributed by atoms with E-state index in [1.165, 1.54) is 0 Å². The van der Waals surface area contributed by atoms with E-state index in [0.29, 0.717) is 11.5 Å². The van der Waals surface area contributed by atoms with Crippen LogP contribution in [0.2, 0.25) is 0 Å². The van der Waals surface area contributed by atoms with Gasteiger partial charge in [-0.05, 0) is 66.8 Å². The first-order valence-electron chi connectivity index (χ1n) is 12.1. The van der Waals surface area contributed by atoms with Crippen molar-refractivity contribution in [1.82, 2.24) is 9.88 Å². The van der Waals surface area contributed by atoms with Crippen LogP contribution in [0.5, 0.6) is 0 Å². The number of aromatic nitrogens is 1. The maximum Gasteiger partial charge on any atom is 0.250 e. The van der Waals surface area contributed by atoms with Crippen LogP contribution in [-0.4, -0.2) is 34.8 Å². The van der Waals surface area contributed by atoms with Crippen molar-refractivity contribution in [2.24, 2.45) is 5.73 Å². The van der Waals surface area contributed by atoms with Crippen LogP contribution in [0.25, 0.3) is 22.0 Å². The molecule has 0 unspecified atom stereocenters. The molecule has 1 fully saturated rings. The second-order valence-corrected chi connectivity index (χ2v) is 9.29. The van der Waals surface area contributed by atoms with E-state index in [0.717, 1.165) is 70.6 Å². The fraction of sp³-hybridized carbons (Fsp3) is 0.241. The number of amides is 2. The molecule has 1 aromatic heterocycles. The minimum Gasteiger partial charge on any atom is -0.366 e. The summed E-state index contributed by atoms with van der Waals surface area (Å²) in [5, 5.41) is 4.51. The number of nitrogens with zero attached hydrogens (tertiary/aromatic N) is 1. The van der Waals surface area contributed by atoms with Crippen LogP contribution in [0.3, 0.4) is 0 Å². The molecule has 0 atom stereocenters. The van der Waals surface area contributed by atoms with Crippen LogP contribution in [-0.2, 0) is 4.79 Å². The number of aromatic amines is 1. The van der Waals surface area contributed by atoms with E-state index in [2.05, 4.69) is 35.4 Å². The number of hydrogen-bond acceptors (Lipinski definition) is 3. The lowest BCUT2D eigenvalue weighted by Crippen LogP contribution is -2.36. The monoisotopic (exact) mass is 466 g/mol. The van der Waals surface area contributed by atoms with Gasteiger partial charge in [0, 0.05) is 48.4 Å². The molecular formula is C29H30N4O2. The first-order chi connectivity index (χ1) is 16.9. The molecule has 0 bridgehead atoms. The number of carbonyl (C=O) groups is 2. The number of likely N-dealkylation sites (tertiary alicyclic amines) is 1. The average molecular weight is 467 g/mol. The first kappa shape index (κ1) is 22.7. The van der Waals surface area contributed by atoms with Crippen LogP contribution in [0.15, 0.2) is 66.7 Å². The van der Waals surface area contributed by atoms with E-state index in [4.69, 9.17) is 5.73 Å². The minimum absolute atomic E-state index is 0.123. The Morgan fingerprint density at radius 3 is 2.40 bits per heavy atom. The number of fused-ring (bicyclic) bond motifs is 1. The highest BCUT2D eigenvalue weighted by Gasteiger charge is 2.25. The number of primary amides is 1. The van der Waals surface area contributed by atoms with Crippen LogP contribution >= 0.6 is 0 Å². The van der Waals surface area contributed by atoms with Gasteiger partial charge >= 0.3 is 0 Å². The number of benzene rings is 3. The van der Waals surface area contributed by atoms with Crippen molar-refractivity contribution >= 4 is 34.1 Å². The van der Waals surface area contributed by atoms with E-state index < -0.39 is 5.91 Å². The lowest BCUT2D eigenvalue weighted by molar-refractivity contribution is -0.129. The van der Waals surface area contributed by atoms with Gasteiger partial charge < -0.3 is 20.9 Å². The van der Waals surface area contributed by atoms with Gasteiger partial charge in [0.05, 0.1) is 11.1 Å². The van der Waals surface area contributed by atoms with Crippen LogP contribution in [0, 0.1) is 6.92 Å². The summed E-state index contributed by atoms with van der Waals surface area (Å²) in [6.07, 6.45) is 1.78. The molecule has 0 spiro atoms. The maximum atomic E-state index is 12.2. The number of hydrogen-bond donors (Lipinski definition) is 3. The Morgan fingerprint density at radius 1 is 0.971 bits per heavy atom. The molecule has 0 aliphatic carbocycles. The Morgan fingerprint density at radius 2 is 1.71 bits per heavy atom. The number of H-pyrrole nitrogens is 1. The summed E-state index contributed by atoms with van der Waals surface area (Å²) in [5.74, 6) is -0.0193. The normalized spacial score (nSPS) is 14.3. The number of carbonyl (C=O) groups excluding carboxylic acids is 2. The molecule has 1 aliphatic heterocycles. The van der Waals surface area contributed by atoms with Gasteiger partial charge in [-0.2, -0.15) is 0 Å². The second kappa shape index (κ2) is 9.29. The lowest BCUT2D eigenvalue weighted by atomic mass is 9.92. The summed E-state index contributed by atoms with van der Waals surface area (Å²) in [6, 6.07) is 22.3. The fourth-order valence-electron chi connectivity index (χ4n) is 5.15. The van der Waals surface area contributed by atoms with Gasteiger partial charge in [-0.1, -0.05) is 36.4 Å². The second-order valence-electron chi connectivity index (χ2n) is 9.29. The summed E-state index contributed by atoms with van der Waals surface area (Å²) in [5.41, 5.74) is 13.4. The Balaban J connectivity index is 1.56. The van der Waals surface area contributed by atoms with Crippen molar-refractivity contribution in [2.45, 2.75) is 32.6 Å². The van der Waals surface area contributed by atoms with E-state index in [9.17, 15) is 9.59 Å². The predicted molar refractivity (Wildman–Crippen MR) is 141 cm³/mol. The molecule has 4 aromatic rings. The first-order valence-corrected chi connectivity index (χ1v) is 12.1. The highest BCUT2D eigenvalue weighted by Crippen LogP contribution is 2.38. The Kier molecular flexibility index (Phi) is 6.03. The van der Waals surface area contributed by atoms with Crippen molar-refractivity contribution < 1.29 is 9.59 Å². The zero-order valence-electron chi connectivity index (χ0n) is 20.1. The Hall–Kier alpha value is -4.06. The van der Waals surface area contributed by atoms with E-state index >= 15 is 0 Å². The predicted octanol–water partition coefficient (Wildman–Crippen LogP) is 5.71. The van der Waals surface area contributed by atoms with E-state index in [1.807, 2.05) is 53.4 Å². The highest BCUT2D eigenvalue weighted by molar-refractivity contribution is 6.09. The quantitative estimate of drug-likeness (QED) is 0.352. The molecule has 1 saturated heterocycles. The van der Waals surface area contributed by atoms with Gasteiger partial charge in [-0.3, -0.25) is 9.59 Å². The Labute approximate surface area is 205 Å². The standard InChI is InChI=1S/C29H30N4O2/c1-18-22(9-6-10-26(18)31-21-7-4-3-5-8-21)23-11-12-24(29(30)35)28-25(23)17-27(32-28)20-13-15-33(16-14-20)19(2)34/h3-12,17,20,31-32H,13-16H2,1-2H3,(H2,30,35). The van der Waals surface area contributed by atoms with Crippen molar-refractivity contribution in [3.8, 4) is 11.1 Å². The molecule has 6 nitrogen and oxygen atoms in total. The molecule has 2 heterocycles. The lowest BCUT2D eigenvalue weighted by Gasteiger charge is -2.30. The third kappa shape index (κ3) is 4.39. The molecule has 5 rings (SSSR count). The van der Waals surface area contributed by atoms with Crippen LogP contribution in [0.1, 0.15) is 47.3 Å². The summed E-state index contributed by atoms with van der Waals surface area (Å²) in [6.45, 7) is 5.23. The van der Waals surface area contributed by atoms with Crippen molar-refractivity contribution in [1.29, 1.82) is 0 Å². The van der Waals surface area contributed by atoms with Gasteiger partial charge in [-0.15, -0.1) is 0 Å². The molecule has 178 valence electrons. The number of anilines is 2. The average Bonchev–Trinajstić information content (AvgIpc) is 3.31. The smallest absolute Gasteiger partial charge is 0.250 e. The number of nitrogens with one attached hydrogen (secondary N) is 2. The summed E-state index contributed by atoms with van der Waals surface area (Å²) in [7, 11) is 0. The molecule has 0 saturated carbocycles. The van der Waals surface area contributed by atoms with Crippen LogP contribution < -0.4 is 11.1 Å². The summed E-state index contributed by atoms with van der Waals surface area (Å²) in [4.78, 5) is 29.4. The van der Waals surface area contributed by atoms with Gasteiger partial charge in [0.25, 0.3) is 5.91 Å². The largest absolute Gasteiger partial charge is 0.366 e. The third-order valence-electron chi connectivity index (χ3n) is 7.14. The molecule has 3 aromatic carbocycles. The topological polar surface area (TPSA) is 91.2 Å². The zero-order valence-corrected chi connectivity index (χ0v) is 20.1. The van der Waals surface area contributed by atoms with Crippen molar-refractivity contribution in [3.63, 3.8) is 0 Å². The summed E-state index contributed by atoms with van der Waals surface area (Å²) >= 11 is 0. The summed E-state index contributed by atoms with van der Waals surface area (Å²) < 4.78 is 0. The highest BCUT2D eigenvalue weighted by atomic mass is 16.2. The Bertz CT molecular complexity index is 1400. The molecule has 35 heavy (non-hydrogen) atoms. The number of piperidine rings is 1. The number of para-hydroxylation sites is 1. The van der Waals surface area contributed by atoms with Gasteiger partial charge in [0.15, 0.2) is 0 Å². The molecule has 4 N–H and O–H groups in total. The molecule has 0 radical (unpaired) electrons. The van der Waals surface area contributed by atoms with E-state index in [1.54, 1.807) is 6.92 Å². The van der Waals surface area contributed by atoms with Gasteiger partial charge in [-0.25, -0.2) is 0 Å². The van der Waals surface area contributed by atoms with Crippen molar-refractivity contribution in [2.75, 3.05) is 18.4 Å².